The van der Waals surface area contributed by atoms with Crippen molar-refractivity contribution in [1.29, 1.82) is 0 Å². The van der Waals surface area contributed by atoms with Crippen LogP contribution in [0, 0.1) is 0 Å². The van der Waals surface area contributed by atoms with Crippen molar-refractivity contribution in [3.05, 3.63) is 134 Å². The Bertz CT molecular complexity index is 1680. The Balaban J connectivity index is 4.25. The highest BCUT2D eigenvalue weighted by atomic mass is 16.6. The van der Waals surface area contributed by atoms with Crippen LogP contribution in [0.15, 0.2) is 134 Å². The van der Waals surface area contributed by atoms with Gasteiger partial charge in [0.25, 0.3) is 0 Å². The molecule has 0 rings (SSSR count). The molecule has 0 aliphatic rings. The molecule has 1 unspecified atom stereocenters. The van der Waals surface area contributed by atoms with Crippen LogP contribution >= 0.6 is 0 Å². The van der Waals surface area contributed by atoms with Crippen molar-refractivity contribution >= 4 is 17.9 Å². The molecular formula is C73H120O6. The lowest BCUT2D eigenvalue weighted by Crippen LogP contribution is -2.30. The summed E-state index contributed by atoms with van der Waals surface area (Å²) in [7, 11) is 0. The third-order valence-corrected chi connectivity index (χ3v) is 13.6. The number of allylic oxidation sites excluding steroid dienone is 22. The number of esters is 3. The molecule has 6 nitrogen and oxygen atoms in total. The van der Waals surface area contributed by atoms with E-state index in [9.17, 15) is 14.4 Å². The largest absolute Gasteiger partial charge is 0.462 e. The Hall–Kier alpha value is -4.45. The summed E-state index contributed by atoms with van der Waals surface area (Å²) in [5.41, 5.74) is 0. The lowest BCUT2D eigenvalue weighted by atomic mass is 10.1. The highest BCUT2D eigenvalue weighted by Crippen LogP contribution is 2.15. The summed E-state index contributed by atoms with van der Waals surface area (Å²) >= 11 is 0. The van der Waals surface area contributed by atoms with Crippen molar-refractivity contribution < 1.29 is 28.6 Å². The smallest absolute Gasteiger partial charge is 0.306 e. The molecule has 0 saturated carbocycles. The van der Waals surface area contributed by atoms with E-state index in [1.54, 1.807) is 0 Å². The minimum atomic E-state index is -0.793. The predicted molar refractivity (Wildman–Crippen MR) is 343 cm³/mol. The molecule has 448 valence electrons. The summed E-state index contributed by atoms with van der Waals surface area (Å²) in [6.07, 6.45) is 93.2. The van der Waals surface area contributed by atoms with Crippen molar-refractivity contribution in [2.45, 2.75) is 297 Å². The maximum absolute atomic E-state index is 12.9. The van der Waals surface area contributed by atoms with Crippen LogP contribution in [-0.2, 0) is 28.6 Å². The third kappa shape index (κ3) is 64.3. The van der Waals surface area contributed by atoms with Gasteiger partial charge in [-0.2, -0.15) is 0 Å². The predicted octanol–water partition coefficient (Wildman–Crippen LogP) is 22.5. The molecule has 0 radical (unpaired) electrons. The number of hydrogen-bond acceptors (Lipinski definition) is 6. The van der Waals surface area contributed by atoms with Gasteiger partial charge in [-0.3, -0.25) is 14.4 Å². The molecule has 1 atom stereocenters. The molecule has 0 heterocycles. The zero-order chi connectivity index (χ0) is 57.1. The minimum Gasteiger partial charge on any atom is -0.462 e. The van der Waals surface area contributed by atoms with E-state index in [4.69, 9.17) is 14.2 Å². The fourth-order valence-electron chi connectivity index (χ4n) is 8.73. The van der Waals surface area contributed by atoms with Crippen LogP contribution in [0.5, 0.6) is 0 Å². The lowest BCUT2D eigenvalue weighted by molar-refractivity contribution is -0.167. The SMILES string of the molecule is CC/C=C\C/C=C\C/C=C\C/C=C\C/C=C\C/C=C\C/C=C\C/C=C\CCCCCCCCCCC(=O)OCC(COC(=O)CCCCCCC/C=C\CCC)OC(=O)CCCCCCCCC/C=C\C/C=C\CCCCCC. The van der Waals surface area contributed by atoms with Gasteiger partial charge in [-0.1, -0.05) is 270 Å². The molecular weight excluding hydrogens is 973 g/mol. The Labute approximate surface area is 487 Å². The summed E-state index contributed by atoms with van der Waals surface area (Å²) in [6.45, 7) is 6.43. The monoisotopic (exact) mass is 1090 g/mol. The van der Waals surface area contributed by atoms with Gasteiger partial charge in [-0.05, 0) is 135 Å². The van der Waals surface area contributed by atoms with Crippen molar-refractivity contribution in [3.63, 3.8) is 0 Å². The maximum atomic E-state index is 12.9. The molecule has 79 heavy (non-hydrogen) atoms. The summed E-state index contributed by atoms with van der Waals surface area (Å²) in [5.74, 6) is -0.915. The molecule has 0 N–H and O–H groups in total. The number of unbranched alkanes of at least 4 members (excludes halogenated alkanes) is 25. The Morgan fingerprint density at radius 2 is 0.519 bits per heavy atom. The van der Waals surface area contributed by atoms with Crippen LogP contribution in [0.25, 0.3) is 0 Å². The topological polar surface area (TPSA) is 78.9 Å². The van der Waals surface area contributed by atoms with Gasteiger partial charge in [-0.15, -0.1) is 0 Å². The number of carbonyl (C=O) groups is 3. The van der Waals surface area contributed by atoms with Crippen LogP contribution in [0.3, 0.4) is 0 Å². The molecule has 0 spiro atoms. The van der Waals surface area contributed by atoms with Gasteiger partial charge >= 0.3 is 17.9 Å². The summed E-state index contributed by atoms with van der Waals surface area (Å²) < 4.78 is 16.9. The normalized spacial score (nSPS) is 13.0. The van der Waals surface area contributed by atoms with Crippen molar-refractivity contribution in [3.8, 4) is 0 Å². The van der Waals surface area contributed by atoms with E-state index in [1.165, 1.54) is 103 Å². The fourth-order valence-corrected chi connectivity index (χ4v) is 8.73. The molecule has 0 saturated heterocycles. The highest BCUT2D eigenvalue weighted by Gasteiger charge is 2.19. The van der Waals surface area contributed by atoms with E-state index >= 15 is 0 Å². The van der Waals surface area contributed by atoms with Gasteiger partial charge in [-0.25, -0.2) is 0 Å². The zero-order valence-corrected chi connectivity index (χ0v) is 51.3. The third-order valence-electron chi connectivity index (χ3n) is 13.6. The van der Waals surface area contributed by atoms with E-state index in [2.05, 4.69) is 154 Å². The molecule has 0 aliphatic heterocycles. The van der Waals surface area contributed by atoms with Crippen LogP contribution in [0.1, 0.15) is 290 Å². The fraction of sp³-hybridized carbons (Fsp3) is 0.658. The lowest BCUT2D eigenvalue weighted by Gasteiger charge is -2.18. The number of ether oxygens (including phenoxy) is 3. The first kappa shape index (κ1) is 74.5. The first-order valence-corrected chi connectivity index (χ1v) is 32.7. The van der Waals surface area contributed by atoms with Gasteiger partial charge in [0.2, 0.25) is 0 Å². The minimum absolute atomic E-state index is 0.0904. The molecule has 0 aromatic heterocycles. The van der Waals surface area contributed by atoms with E-state index in [-0.39, 0.29) is 31.1 Å². The van der Waals surface area contributed by atoms with E-state index in [0.717, 1.165) is 148 Å². The number of carbonyl (C=O) groups excluding carboxylic acids is 3. The van der Waals surface area contributed by atoms with Gasteiger partial charge in [0.15, 0.2) is 6.10 Å². The molecule has 6 heteroatoms. The summed E-state index contributed by atoms with van der Waals surface area (Å²) in [5, 5.41) is 0. The standard InChI is InChI=1S/C73H120O6/c1-4-7-10-13-16-19-22-24-26-28-30-31-32-33-34-35-36-37-38-39-40-41-42-43-44-46-47-49-51-54-57-60-63-66-72(75)78-69-70(68-77-71(74)65-62-59-56-53-21-18-15-12-9-6-3)79-73(76)67-64-61-58-55-52-50-48-45-29-27-25-23-20-17-14-11-8-5-2/h7,10,12,15-16,19-20,23-24,26-27,29-31,33-34,36-37,39-40,42-43,70H,4-6,8-9,11,13-14,17-18,21-22,25,28,32,35,38,41,44-69H2,1-3H3/b10-7-,15-12-,19-16-,23-20-,26-24-,29-27-,31-30-,34-33-,37-36-,40-39-,43-42-. The van der Waals surface area contributed by atoms with Crippen LogP contribution < -0.4 is 0 Å². The van der Waals surface area contributed by atoms with Gasteiger partial charge in [0.05, 0.1) is 0 Å². The van der Waals surface area contributed by atoms with E-state index < -0.39 is 6.10 Å². The molecule has 0 aromatic rings. The Morgan fingerprint density at radius 3 is 0.835 bits per heavy atom. The second kappa shape index (κ2) is 66.1. The Kier molecular flexibility index (Phi) is 62.3. The summed E-state index contributed by atoms with van der Waals surface area (Å²) in [4.78, 5) is 38.2. The van der Waals surface area contributed by atoms with Crippen LogP contribution in [-0.4, -0.2) is 37.2 Å². The number of rotatable bonds is 58. The van der Waals surface area contributed by atoms with Gasteiger partial charge in [0, 0.05) is 19.3 Å². The average molecular weight is 1090 g/mol. The van der Waals surface area contributed by atoms with Crippen LogP contribution in [0.4, 0.5) is 0 Å². The van der Waals surface area contributed by atoms with Gasteiger partial charge in [0.1, 0.15) is 13.2 Å². The average Bonchev–Trinajstić information content (AvgIpc) is 3.45. The van der Waals surface area contributed by atoms with Crippen molar-refractivity contribution in [1.82, 2.24) is 0 Å². The van der Waals surface area contributed by atoms with Crippen molar-refractivity contribution in [2.75, 3.05) is 13.2 Å². The quantitative estimate of drug-likeness (QED) is 0.0261. The zero-order valence-electron chi connectivity index (χ0n) is 51.3. The maximum Gasteiger partial charge on any atom is 0.306 e. The second-order valence-electron chi connectivity index (χ2n) is 21.3. The van der Waals surface area contributed by atoms with Gasteiger partial charge < -0.3 is 14.2 Å². The second-order valence-corrected chi connectivity index (χ2v) is 21.3. The molecule has 0 amide bonds. The van der Waals surface area contributed by atoms with Crippen molar-refractivity contribution in [2.24, 2.45) is 0 Å². The molecule has 0 aromatic carbocycles. The number of hydrogen-bond donors (Lipinski definition) is 0. The van der Waals surface area contributed by atoms with E-state index in [0.29, 0.717) is 19.3 Å². The first-order valence-electron chi connectivity index (χ1n) is 32.7. The van der Waals surface area contributed by atoms with Crippen LogP contribution in [0.2, 0.25) is 0 Å². The molecule has 0 bridgehead atoms. The highest BCUT2D eigenvalue weighted by molar-refractivity contribution is 5.71. The molecule has 0 fully saturated rings. The Morgan fingerprint density at radius 1 is 0.266 bits per heavy atom. The first-order chi connectivity index (χ1) is 39.0. The molecule has 0 aliphatic carbocycles. The summed E-state index contributed by atoms with van der Waals surface area (Å²) in [6, 6.07) is 0. The van der Waals surface area contributed by atoms with E-state index in [1.807, 2.05) is 0 Å².